The van der Waals surface area contributed by atoms with Crippen molar-refractivity contribution in [1.29, 1.82) is 0 Å². The fourth-order valence-corrected chi connectivity index (χ4v) is 2.35. The first-order chi connectivity index (χ1) is 11.2. The Labute approximate surface area is 141 Å². The van der Waals surface area contributed by atoms with Gasteiger partial charge < -0.3 is 24.8 Å². The third-order valence-electron chi connectivity index (χ3n) is 3.45. The lowest BCUT2D eigenvalue weighted by Crippen LogP contribution is -2.45. The first kappa shape index (κ1) is 18.1. The van der Waals surface area contributed by atoms with Crippen LogP contribution in [0.15, 0.2) is 30.3 Å². The van der Waals surface area contributed by atoms with Crippen LogP contribution in [0.3, 0.4) is 0 Å². The van der Waals surface area contributed by atoms with E-state index in [2.05, 4.69) is 5.32 Å². The van der Waals surface area contributed by atoms with E-state index in [0.29, 0.717) is 0 Å². The van der Waals surface area contributed by atoms with Crippen molar-refractivity contribution in [2.75, 3.05) is 13.1 Å². The average molecular weight is 336 g/mol. The van der Waals surface area contributed by atoms with Crippen molar-refractivity contribution >= 4 is 12.2 Å². The summed E-state index contributed by atoms with van der Waals surface area (Å²) in [5.74, 6) is 0. The Balaban J connectivity index is 1.81. The summed E-state index contributed by atoms with van der Waals surface area (Å²) in [6.07, 6.45) is -2.00. The molecule has 7 nitrogen and oxygen atoms in total. The summed E-state index contributed by atoms with van der Waals surface area (Å²) in [5.41, 5.74) is 0.260. The van der Waals surface area contributed by atoms with E-state index in [9.17, 15) is 14.7 Å². The van der Waals surface area contributed by atoms with Gasteiger partial charge in [0.1, 0.15) is 12.2 Å². The molecule has 1 aromatic rings. The maximum atomic E-state index is 12.1. The van der Waals surface area contributed by atoms with Crippen molar-refractivity contribution < 1.29 is 24.2 Å². The molecule has 1 saturated heterocycles. The van der Waals surface area contributed by atoms with Crippen LogP contribution in [0.4, 0.5) is 9.59 Å². The number of alkyl carbamates (subject to hydrolysis) is 1. The van der Waals surface area contributed by atoms with Crippen LogP contribution < -0.4 is 5.32 Å². The van der Waals surface area contributed by atoms with Crippen LogP contribution in [0.1, 0.15) is 26.3 Å². The monoisotopic (exact) mass is 336 g/mol. The first-order valence-electron chi connectivity index (χ1n) is 7.88. The van der Waals surface area contributed by atoms with Gasteiger partial charge in [0.15, 0.2) is 0 Å². The van der Waals surface area contributed by atoms with Crippen LogP contribution in [0.25, 0.3) is 0 Å². The molecule has 1 aromatic carbocycles. The number of ether oxygens (including phenoxy) is 2. The van der Waals surface area contributed by atoms with Crippen LogP contribution >= 0.6 is 0 Å². The third kappa shape index (κ3) is 5.42. The fourth-order valence-electron chi connectivity index (χ4n) is 2.35. The number of aliphatic hydroxyl groups excluding tert-OH is 1. The lowest BCUT2D eigenvalue weighted by Gasteiger charge is -2.22. The molecular weight excluding hydrogens is 312 g/mol. The molecule has 1 heterocycles. The molecule has 2 N–H and O–H groups in total. The maximum absolute atomic E-state index is 12.1. The molecule has 2 rings (SSSR count). The molecule has 1 fully saturated rings. The Morgan fingerprint density at radius 2 is 1.92 bits per heavy atom. The van der Waals surface area contributed by atoms with Crippen LogP contribution in [-0.4, -0.2) is 53.0 Å². The molecule has 1 aliphatic rings. The zero-order valence-electron chi connectivity index (χ0n) is 14.2. The fraction of sp³-hybridized carbons (Fsp3) is 0.529. The molecule has 1 aliphatic heterocycles. The number of nitrogens with zero attached hydrogens (tertiary/aromatic N) is 1. The van der Waals surface area contributed by atoms with Crippen molar-refractivity contribution in [2.24, 2.45) is 0 Å². The molecule has 0 unspecified atom stereocenters. The van der Waals surface area contributed by atoms with Crippen LogP contribution in [0.5, 0.6) is 0 Å². The molecule has 2 atom stereocenters. The Bertz CT molecular complexity index is 570. The number of likely N-dealkylation sites (tertiary alicyclic amines) is 1. The van der Waals surface area contributed by atoms with Crippen molar-refractivity contribution in [2.45, 2.75) is 45.1 Å². The number of amides is 2. The van der Waals surface area contributed by atoms with E-state index in [1.54, 1.807) is 20.8 Å². The number of rotatable bonds is 3. The van der Waals surface area contributed by atoms with Gasteiger partial charge in [0.2, 0.25) is 0 Å². The van der Waals surface area contributed by atoms with Crippen LogP contribution in [-0.2, 0) is 16.1 Å². The number of hydrogen-bond acceptors (Lipinski definition) is 5. The van der Waals surface area contributed by atoms with Crippen molar-refractivity contribution in [3.8, 4) is 0 Å². The minimum absolute atomic E-state index is 0.105. The van der Waals surface area contributed by atoms with E-state index < -0.39 is 29.9 Å². The van der Waals surface area contributed by atoms with E-state index in [1.807, 2.05) is 30.3 Å². The molecule has 0 aliphatic carbocycles. The van der Waals surface area contributed by atoms with E-state index in [4.69, 9.17) is 9.47 Å². The number of aliphatic hydroxyl groups is 1. The molecule has 0 radical (unpaired) electrons. The molecule has 0 saturated carbocycles. The summed E-state index contributed by atoms with van der Waals surface area (Å²) in [6.45, 7) is 5.71. The molecule has 0 aromatic heterocycles. The van der Waals surface area contributed by atoms with Gasteiger partial charge in [0.25, 0.3) is 0 Å². The molecule has 24 heavy (non-hydrogen) atoms. The summed E-state index contributed by atoms with van der Waals surface area (Å²) in [7, 11) is 0. The van der Waals surface area contributed by atoms with Gasteiger partial charge in [-0.25, -0.2) is 9.59 Å². The Morgan fingerprint density at radius 1 is 1.25 bits per heavy atom. The number of nitrogens with one attached hydrogen (secondary N) is 1. The second kappa shape index (κ2) is 7.53. The van der Waals surface area contributed by atoms with Gasteiger partial charge in [-0.3, -0.25) is 0 Å². The van der Waals surface area contributed by atoms with Crippen molar-refractivity contribution in [3.05, 3.63) is 35.9 Å². The second-order valence-electron chi connectivity index (χ2n) is 6.77. The number of β-amino-alcohol motifs (C(OH)–C–C–N with tert-alkyl or cyclic N) is 1. The lowest BCUT2D eigenvalue weighted by molar-refractivity contribution is 0.0461. The largest absolute Gasteiger partial charge is 0.445 e. The average Bonchev–Trinajstić information content (AvgIpc) is 2.85. The van der Waals surface area contributed by atoms with Crippen molar-refractivity contribution in [1.82, 2.24) is 10.2 Å². The highest BCUT2D eigenvalue weighted by atomic mass is 16.6. The summed E-state index contributed by atoms with van der Waals surface area (Å²) in [6, 6.07) is 8.75. The SMILES string of the molecule is CC(C)(C)OC(=O)N[C@@H]1CN(C(=O)OCc2ccccc2)C[C@@H]1O. The number of carbonyl (C=O) groups is 2. The molecular formula is C17H24N2O5. The van der Waals surface area contributed by atoms with Gasteiger partial charge in [-0.05, 0) is 26.3 Å². The highest BCUT2D eigenvalue weighted by Gasteiger charge is 2.36. The molecule has 0 spiro atoms. The molecule has 7 heteroatoms. The molecule has 0 bridgehead atoms. The Morgan fingerprint density at radius 3 is 2.54 bits per heavy atom. The maximum Gasteiger partial charge on any atom is 0.410 e. The smallest absolute Gasteiger partial charge is 0.410 e. The van der Waals surface area contributed by atoms with Gasteiger partial charge in [-0.2, -0.15) is 0 Å². The molecule has 2 amide bonds. The lowest BCUT2D eigenvalue weighted by atomic mass is 10.2. The number of carbonyl (C=O) groups excluding carboxylic acids is 2. The van der Waals surface area contributed by atoms with Gasteiger partial charge in [0.05, 0.1) is 18.7 Å². The van der Waals surface area contributed by atoms with Gasteiger partial charge in [0, 0.05) is 6.54 Å². The van der Waals surface area contributed by atoms with Gasteiger partial charge in [-0.1, -0.05) is 30.3 Å². The Kier molecular flexibility index (Phi) is 5.66. The van der Waals surface area contributed by atoms with Crippen LogP contribution in [0.2, 0.25) is 0 Å². The Hall–Kier alpha value is -2.28. The standard InChI is InChI=1S/C17H24N2O5/c1-17(2,3)24-15(21)18-13-9-19(10-14(13)20)16(22)23-11-12-7-5-4-6-8-12/h4-8,13-14,20H,9-11H2,1-3H3,(H,18,21)/t13-,14+/m1/s1. The highest BCUT2D eigenvalue weighted by molar-refractivity contribution is 5.70. The van der Waals surface area contributed by atoms with Crippen molar-refractivity contribution in [3.63, 3.8) is 0 Å². The van der Waals surface area contributed by atoms with E-state index in [1.165, 1.54) is 4.90 Å². The summed E-state index contributed by atoms with van der Waals surface area (Å²) < 4.78 is 10.4. The quantitative estimate of drug-likeness (QED) is 0.880. The summed E-state index contributed by atoms with van der Waals surface area (Å²) in [4.78, 5) is 25.2. The van der Waals surface area contributed by atoms with E-state index >= 15 is 0 Å². The third-order valence-corrected chi connectivity index (χ3v) is 3.45. The highest BCUT2D eigenvalue weighted by Crippen LogP contribution is 2.14. The predicted octanol–water partition coefficient (Wildman–Crippen LogP) is 1.89. The predicted molar refractivity (Wildman–Crippen MR) is 87.4 cm³/mol. The van der Waals surface area contributed by atoms with E-state index in [0.717, 1.165) is 5.56 Å². The van der Waals surface area contributed by atoms with E-state index in [-0.39, 0.29) is 19.7 Å². The van der Waals surface area contributed by atoms with Gasteiger partial charge >= 0.3 is 12.2 Å². The van der Waals surface area contributed by atoms with Gasteiger partial charge in [-0.15, -0.1) is 0 Å². The second-order valence-corrected chi connectivity index (χ2v) is 6.77. The number of hydrogen-bond donors (Lipinski definition) is 2. The molecule has 132 valence electrons. The summed E-state index contributed by atoms with van der Waals surface area (Å²) in [5, 5.41) is 12.6. The first-order valence-corrected chi connectivity index (χ1v) is 7.88. The zero-order valence-corrected chi connectivity index (χ0v) is 14.2. The number of benzene rings is 1. The topological polar surface area (TPSA) is 88.1 Å². The zero-order chi connectivity index (χ0) is 17.7. The summed E-state index contributed by atoms with van der Waals surface area (Å²) >= 11 is 0. The van der Waals surface area contributed by atoms with Crippen LogP contribution in [0, 0.1) is 0 Å². The normalized spacial score (nSPS) is 20.6. The minimum Gasteiger partial charge on any atom is -0.445 e. The minimum atomic E-state index is -0.859.